The molecule has 2 bridgehead atoms. The van der Waals surface area contributed by atoms with Crippen LogP contribution in [0.3, 0.4) is 0 Å². The Morgan fingerprint density at radius 2 is 2.00 bits per heavy atom. The minimum absolute atomic E-state index is 0.0200. The molecule has 136 valence electrons. The molecular formula is C19H24N6O. The zero-order valence-electron chi connectivity index (χ0n) is 15.3. The summed E-state index contributed by atoms with van der Waals surface area (Å²) in [6.45, 7) is 5.39. The van der Waals surface area contributed by atoms with E-state index >= 15 is 0 Å². The Morgan fingerprint density at radius 3 is 2.62 bits per heavy atom. The van der Waals surface area contributed by atoms with Gasteiger partial charge in [0.05, 0.1) is 11.5 Å². The van der Waals surface area contributed by atoms with E-state index in [1.165, 1.54) is 0 Å². The zero-order valence-corrected chi connectivity index (χ0v) is 15.3. The third-order valence-corrected chi connectivity index (χ3v) is 6.18. The van der Waals surface area contributed by atoms with Crippen molar-refractivity contribution in [3.63, 3.8) is 0 Å². The normalized spacial score (nSPS) is 22.7. The minimum atomic E-state index is -0.883. The van der Waals surface area contributed by atoms with Gasteiger partial charge in [0.2, 0.25) is 5.91 Å². The molecule has 2 atom stereocenters. The van der Waals surface area contributed by atoms with E-state index in [1.807, 2.05) is 31.0 Å². The van der Waals surface area contributed by atoms with Crippen molar-refractivity contribution in [1.82, 2.24) is 19.9 Å². The molecule has 4 heterocycles. The van der Waals surface area contributed by atoms with E-state index in [0.717, 1.165) is 42.8 Å². The highest BCUT2D eigenvalue weighted by atomic mass is 16.2. The Morgan fingerprint density at radius 1 is 1.31 bits per heavy atom. The Balaban J connectivity index is 1.61. The summed E-state index contributed by atoms with van der Waals surface area (Å²) in [5.74, 6) is 0.949. The number of amides is 1. The third-order valence-electron chi connectivity index (χ3n) is 6.18. The SMILES string of the molecule is CCC(C#N)(CC)C(=O)N1C2CCC1CN(c1ncnc3[nH]ccc13)C2. The van der Waals surface area contributed by atoms with Crippen LogP contribution in [0.1, 0.15) is 39.5 Å². The van der Waals surface area contributed by atoms with Crippen molar-refractivity contribution in [2.75, 3.05) is 18.0 Å². The molecular weight excluding hydrogens is 328 g/mol. The first-order valence-corrected chi connectivity index (χ1v) is 9.40. The monoisotopic (exact) mass is 352 g/mol. The lowest BCUT2D eigenvalue weighted by molar-refractivity contribution is -0.143. The van der Waals surface area contributed by atoms with Crippen LogP contribution in [-0.4, -0.2) is 50.9 Å². The van der Waals surface area contributed by atoms with E-state index in [1.54, 1.807) is 6.33 Å². The van der Waals surface area contributed by atoms with Crippen LogP contribution in [0.5, 0.6) is 0 Å². The Bertz CT molecular complexity index is 850. The summed E-state index contributed by atoms with van der Waals surface area (Å²) in [4.78, 5) is 29.4. The topological polar surface area (TPSA) is 88.9 Å². The van der Waals surface area contributed by atoms with Crippen LogP contribution in [0, 0.1) is 16.7 Å². The number of aromatic amines is 1. The largest absolute Gasteiger partial charge is 0.352 e. The number of nitrogens with zero attached hydrogens (tertiary/aromatic N) is 5. The average molecular weight is 352 g/mol. The maximum atomic E-state index is 13.2. The van der Waals surface area contributed by atoms with Crippen molar-refractivity contribution in [2.24, 2.45) is 5.41 Å². The fourth-order valence-electron chi connectivity index (χ4n) is 4.52. The minimum Gasteiger partial charge on any atom is -0.352 e. The lowest BCUT2D eigenvalue weighted by atomic mass is 9.82. The van der Waals surface area contributed by atoms with Crippen LogP contribution in [0.25, 0.3) is 11.0 Å². The summed E-state index contributed by atoms with van der Waals surface area (Å²) < 4.78 is 0. The quantitative estimate of drug-likeness (QED) is 0.913. The van der Waals surface area contributed by atoms with Crippen molar-refractivity contribution in [3.05, 3.63) is 18.6 Å². The molecule has 7 nitrogen and oxygen atoms in total. The van der Waals surface area contributed by atoms with Crippen molar-refractivity contribution >= 4 is 22.8 Å². The van der Waals surface area contributed by atoms with Crippen LogP contribution in [0.15, 0.2) is 18.6 Å². The Labute approximate surface area is 153 Å². The highest BCUT2D eigenvalue weighted by molar-refractivity contribution is 5.89. The molecule has 26 heavy (non-hydrogen) atoms. The van der Waals surface area contributed by atoms with E-state index in [0.29, 0.717) is 12.8 Å². The second-order valence-electron chi connectivity index (χ2n) is 7.34. The fourth-order valence-corrected chi connectivity index (χ4v) is 4.52. The van der Waals surface area contributed by atoms with Gasteiger partial charge < -0.3 is 14.8 Å². The van der Waals surface area contributed by atoms with Gasteiger partial charge in [-0.05, 0) is 31.7 Å². The van der Waals surface area contributed by atoms with Crippen LogP contribution in [0.2, 0.25) is 0 Å². The summed E-state index contributed by atoms with van der Waals surface area (Å²) >= 11 is 0. The molecule has 2 unspecified atom stereocenters. The second-order valence-corrected chi connectivity index (χ2v) is 7.34. The lowest BCUT2D eigenvalue weighted by Crippen LogP contribution is -2.59. The standard InChI is InChI=1S/C19H24N6O/c1-3-19(4-2,11-20)18(26)25-13-5-6-14(25)10-24(9-13)17-15-7-8-21-16(15)22-12-23-17/h7-8,12-14H,3-6,9-10H2,1-2H3,(H,21,22,23). The molecule has 0 radical (unpaired) electrons. The number of fused-ring (bicyclic) bond motifs is 3. The third kappa shape index (κ3) is 2.36. The lowest BCUT2D eigenvalue weighted by Gasteiger charge is -2.44. The summed E-state index contributed by atoms with van der Waals surface area (Å²) in [5.41, 5.74) is -0.0486. The van der Waals surface area contributed by atoms with Gasteiger partial charge in [0.15, 0.2) is 0 Å². The van der Waals surface area contributed by atoms with Gasteiger partial charge in [0, 0.05) is 31.4 Å². The summed E-state index contributed by atoms with van der Waals surface area (Å²) in [6, 6.07) is 4.61. The maximum Gasteiger partial charge on any atom is 0.243 e. The molecule has 0 saturated carbocycles. The van der Waals surface area contributed by atoms with Crippen molar-refractivity contribution < 1.29 is 4.79 Å². The van der Waals surface area contributed by atoms with Crippen LogP contribution in [-0.2, 0) is 4.79 Å². The van der Waals surface area contributed by atoms with E-state index in [4.69, 9.17) is 0 Å². The predicted molar refractivity (Wildman–Crippen MR) is 98.4 cm³/mol. The van der Waals surface area contributed by atoms with Crippen molar-refractivity contribution in [1.29, 1.82) is 5.26 Å². The van der Waals surface area contributed by atoms with Crippen molar-refractivity contribution in [3.8, 4) is 6.07 Å². The molecule has 7 heteroatoms. The van der Waals surface area contributed by atoms with Gasteiger partial charge in [0.25, 0.3) is 0 Å². The average Bonchev–Trinajstić information content (AvgIpc) is 3.25. The first-order valence-electron chi connectivity index (χ1n) is 9.40. The van der Waals surface area contributed by atoms with E-state index in [9.17, 15) is 10.1 Å². The van der Waals surface area contributed by atoms with Crippen LogP contribution < -0.4 is 4.90 Å². The number of anilines is 1. The number of H-pyrrole nitrogens is 1. The van der Waals surface area contributed by atoms with E-state index < -0.39 is 5.41 Å². The van der Waals surface area contributed by atoms with Crippen LogP contribution in [0.4, 0.5) is 5.82 Å². The van der Waals surface area contributed by atoms with Gasteiger partial charge in [-0.15, -0.1) is 0 Å². The summed E-state index contributed by atoms with van der Waals surface area (Å²) in [6.07, 6.45) is 6.57. The molecule has 2 aromatic rings. The van der Waals surface area contributed by atoms with Crippen LogP contribution >= 0.6 is 0 Å². The number of carbonyl (C=O) groups is 1. The van der Waals surface area contributed by atoms with Gasteiger partial charge in [0.1, 0.15) is 23.2 Å². The molecule has 2 aliphatic heterocycles. The van der Waals surface area contributed by atoms with E-state index in [2.05, 4.69) is 25.9 Å². The number of rotatable bonds is 4. The number of nitriles is 1. The second kappa shape index (κ2) is 6.27. The number of piperazine rings is 1. The molecule has 1 N–H and O–H groups in total. The highest BCUT2D eigenvalue weighted by Gasteiger charge is 2.49. The molecule has 2 aliphatic rings. The molecule has 0 spiro atoms. The Hall–Kier alpha value is -2.62. The molecule has 1 amide bonds. The molecule has 2 fully saturated rings. The fraction of sp³-hybridized carbons (Fsp3) is 0.579. The summed E-state index contributed by atoms with van der Waals surface area (Å²) in [5, 5.41) is 10.7. The molecule has 4 rings (SSSR count). The van der Waals surface area contributed by atoms with Gasteiger partial charge in [-0.1, -0.05) is 13.8 Å². The number of carbonyl (C=O) groups excluding carboxylic acids is 1. The molecule has 0 aliphatic carbocycles. The number of nitrogens with one attached hydrogen (secondary N) is 1. The maximum absolute atomic E-state index is 13.2. The van der Waals surface area contributed by atoms with Gasteiger partial charge in [-0.25, -0.2) is 9.97 Å². The zero-order chi connectivity index (χ0) is 18.3. The molecule has 0 aromatic carbocycles. The number of hydrogen-bond donors (Lipinski definition) is 1. The smallest absolute Gasteiger partial charge is 0.243 e. The van der Waals surface area contributed by atoms with Crippen molar-refractivity contribution in [2.45, 2.75) is 51.6 Å². The first-order chi connectivity index (χ1) is 12.6. The Kier molecular flexibility index (Phi) is 4.06. The highest BCUT2D eigenvalue weighted by Crippen LogP contribution is 2.38. The predicted octanol–water partition coefficient (Wildman–Crippen LogP) is 2.47. The number of aromatic nitrogens is 3. The first kappa shape index (κ1) is 16.8. The van der Waals surface area contributed by atoms with Gasteiger partial charge >= 0.3 is 0 Å². The van der Waals surface area contributed by atoms with Gasteiger partial charge in [-0.3, -0.25) is 4.79 Å². The number of hydrogen-bond acceptors (Lipinski definition) is 5. The summed E-state index contributed by atoms with van der Waals surface area (Å²) in [7, 11) is 0. The molecule has 2 aromatic heterocycles. The van der Waals surface area contributed by atoms with E-state index in [-0.39, 0.29) is 18.0 Å². The van der Waals surface area contributed by atoms with Gasteiger partial charge in [-0.2, -0.15) is 5.26 Å². The molecule has 2 saturated heterocycles.